The number of nitrogens with zero attached hydrogens (tertiary/aromatic N) is 4. The molecule has 0 atom stereocenters. The standard InChI is InChI=1S/C7H8N4O2.C5H14NO4P/c1-10-5-4(8-3-9-5)6(12)11(2)7(10)13;1-6(2,3)4-5-10-11(7,8)9/h3H,1-2H3,(H,8,9);4-5H2,1-3H3,(H-,7,8,9)/p+1. The largest absolute Gasteiger partial charge is 0.469 e. The average molecular weight is 364 g/mol. The Kier molecular flexibility index (Phi) is 6.26. The van der Waals surface area contributed by atoms with Gasteiger partial charge in [-0.3, -0.25) is 18.5 Å². The van der Waals surface area contributed by atoms with E-state index in [9.17, 15) is 14.2 Å². The number of phosphoric acid groups is 1. The Bertz CT molecular complexity index is 855. The summed E-state index contributed by atoms with van der Waals surface area (Å²) < 4.78 is 17.4. The number of aromatic amines is 1. The molecule has 0 saturated carbocycles. The highest BCUT2D eigenvalue weighted by Crippen LogP contribution is 2.35. The minimum Gasteiger partial charge on any atom is -0.339 e. The molecule has 11 nitrogen and oxygen atoms in total. The summed E-state index contributed by atoms with van der Waals surface area (Å²) in [5.74, 6) is 0. The Labute approximate surface area is 138 Å². The number of likely N-dealkylation sites (N-methyl/N-ethyl adjacent to an activating group) is 1. The van der Waals surface area contributed by atoms with Crippen molar-refractivity contribution >= 4 is 19.0 Å². The van der Waals surface area contributed by atoms with Crippen molar-refractivity contribution in [3.05, 3.63) is 27.2 Å². The van der Waals surface area contributed by atoms with Gasteiger partial charge in [0.25, 0.3) is 5.56 Å². The molecule has 2 heterocycles. The molecule has 0 aliphatic carbocycles. The molecule has 0 saturated heterocycles. The van der Waals surface area contributed by atoms with E-state index in [1.54, 1.807) is 7.05 Å². The third-order valence-electron chi connectivity index (χ3n) is 3.05. The molecular weight excluding hydrogens is 341 g/mol. The number of quaternary nitrogens is 1. The Hall–Kier alpha value is -1.78. The molecule has 24 heavy (non-hydrogen) atoms. The van der Waals surface area contributed by atoms with E-state index in [0.29, 0.717) is 22.2 Å². The Morgan fingerprint density at radius 1 is 1.25 bits per heavy atom. The van der Waals surface area contributed by atoms with Crippen molar-refractivity contribution in [1.29, 1.82) is 0 Å². The van der Waals surface area contributed by atoms with Crippen molar-refractivity contribution in [2.24, 2.45) is 14.1 Å². The van der Waals surface area contributed by atoms with E-state index in [4.69, 9.17) is 9.79 Å². The first kappa shape index (κ1) is 20.3. The van der Waals surface area contributed by atoms with Gasteiger partial charge in [-0.25, -0.2) is 14.3 Å². The van der Waals surface area contributed by atoms with Crippen LogP contribution >= 0.6 is 7.82 Å². The van der Waals surface area contributed by atoms with Gasteiger partial charge in [0.05, 0.1) is 27.5 Å². The molecule has 0 bridgehead atoms. The first-order valence-corrected chi connectivity index (χ1v) is 8.46. The first-order valence-electron chi connectivity index (χ1n) is 6.93. The van der Waals surface area contributed by atoms with Crippen LogP contribution in [0.3, 0.4) is 0 Å². The molecule has 3 N–H and O–H groups in total. The smallest absolute Gasteiger partial charge is 0.339 e. The van der Waals surface area contributed by atoms with Crippen molar-refractivity contribution in [2.45, 2.75) is 0 Å². The molecule has 136 valence electrons. The Balaban J connectivity index is 0.000000245. The van der Waals surface area contributed by atoms with Crippen LogP contribution in [0.5, 0.6) is 0 Å². The molecule has 0 unspecified atom stereocenters. The molecule has 2 rings (SSSR count). The predicted octanol–water partition coefficient (Wildman–Crippen LogP) is -1.24. The lowest BCUT2D eigenvalue weighted by atomic mass is 10.5. The van der Waals surface area contributed by atoms with Gasteiger partial charge in [-0.05, 0) is 0 Å². The summed E-state index contributed by atoms with van der Waals surface area (Å²) in [4.78, 5) is 46.0. The quantitative estimate of drug-likeness (QED) is 0.455. The van der Waals surface area contributed by atoms with Gasteiger partial charge in [-0.15, -0.1) is 0 Å². The van der Waals surface area contributed by atoms with Crippen LogP contribution in [-0.4, -0.2) is 67.7 Å². The van der Waals surface area contributed by atoms with Gasteiger partial charge in [-0.1, -0.05) is 0 Å². The summed E-state index contributed by atoms with van der Waals surface area (Å²) in [7, 11) is 4.51. The fourth-order valence-electron chi connectivity index (χ4n) is 1.70. The van der Waals surface area contributed by atoms with Crippen LogP contribution in [0.15, 0.2) is 15.9 Å². The van der Waals surface area contributed by atoms with Crippen LogP contribution < -0.4 is 11.2 Å². The maximum absolute atomic E-state index is 11.4. The minimum atomic E-state index is -4.26. The van der Waals surface area contributed by atoms with Crippen LogP contribution in [0.4, 0.5) is 0 Å². The lowest BCUT2D eigenvalue weighted by Gasteiger charge is -2.23. The van der Waals surface area contributed by atoms with Gasteiger partial charge in [0.15, 0.2) is 5.65 Å². The highest BCUT2D eigenvalue weighted by atomic mass is 31.2. The summed E-state index contributed by atoms with van der Waals surface area (Å²) in [6.07, 6.45) is 1.39. The lowest BCUT2D eigenvalue weighted by molar-refractivity contribution is -0.870. The Morgan fingerprint density at radius 2 is 1.83 bits per heavy atom. The number of rotatable bonds is 4. The van der Waals surface area contributed by atoms with Crippen LogP contribution in [0.1, 0.15) is 0 Å². The van der Waals surface area contributed by atoms with Crippen LogP contribution in [0.25, 0.3) is 11.2 Å². The summed E-state index contributed by atoms with van der Waals surface area (Å²) >= 11 is 0. The predicted molar refractivity (Wildman–Crippen MR) is 87.5 cm³/mol. The van der Waals surface area contributed by atoms with Gasteiger partial charge in [0, 0.05) is 14.1 Å². The zero-order valence-electron chi connectivity index (χ0n) is 14.3. The van der Waals surface area contributed by atoms with E-state index in [2.05, 4.69) is 14.5 Å². The van der Waals surface area contributed by atoms with Crippen LogP contribution in [0, 0.1) is 0 Å². The molecule has 0 fully saturated rings. The molecule has 0 amide bonds. The molecule has 0 aromatic carbocycles. The van der Waals surface area contributed by atoms with Gasteiger partial charge < -0.3 is 19.3 Å². The number of nitrogens with one attached hydrogen (secondary N) is 1. The number of fused-ring (bicyclic) bond motifs is 1. The number of hydrogen-bond donors (Lipinski definition) is 3. The van der Waals surface area contributed by atoms with E-state index in [1.165, 1.54) is 17.9 Å². The van der Waals surface area contributed by atoms with Crippen molar-refractivity contribution in [1.82, 2.24) is 19.1 Å². The van der Waals surface area contributed by atoms with Crippen molar-refractivity contribution in [3.8, 4) is 0 Å². The van der Waals surface area contributed by atoms with Crippen LogP contribution in [-0.2, 0) is 23.2 Å². The van der Waals surface area contributed by atoms with Crippen molar-refractivity contribution in [2.75, 3.05) is 34.3 Å². The zero-order chi connectivity index (χ0) is 18.7. The van der Waals surface area contributed by atoms with E-state index in [-0.39, 0.29) is 17.9 Å². The topological polar surface area (TPSA) is 139 Å². The van der Waals surface area contributed by atoms with Gasteiger partial charge >= 0.3 is 13.5 Å². The highest BCUT2D eigenvalue weighted by Gasteiger charge is 2.16. The maximum atomic E-state index is 11.4. The summed E-state index contributed by atoms with van der Waals surface area (Å²) in [5.41, 5.74) is 0.0119. The number of imidazole rings is 1. The average Bonchev–Trinajstić information content (AvgIpc) is 2.90. The Morgan fingerprint density at radius 3 is 2.33 bits per heavy atom. The van der Waals surface area contributed by atoms with Crippen LogP contribution in [0.2, 0.25) is 0 Å². The number of phosphoric ester groups is 1. The molecular formula is C12H23N5O6P+. The van der Waals surface area contributed by atoms with E-state index < -0.39 is 7.82 Å². The zero-order valence-corrected chi connectivity index (χ0v) is 15.1. The third-order valence-corrected chi connectivity index (χ3v) is 3.57. The van der Waals surface area contributed by atoms with Crippen molar-refractivity contribution in [3.63, 3.8) is 0 Å². The highest BCUT2D eigenvalue weighted by molar-refractivity contribution is 7.46. The monoisotopic (exact) mass is 364 g/mol. The normalized spacial score (nSPS) is 12.1. The minimum absolute atomic E-state index is 0.0772. The SMILES string of the molecule is C[N+](C)(C)CCOP(=O)(O)O.Cn1c(=O)c2[nH]cnc2n(C)c1=O. The van der Waals surface area contributed by atoms with E-state index in [0.717, 1.165) is 4.57 Å². The molecule has 12 heteroatoms. The summed E-state index contributed by atoms with van der Waals surface area (Å²) in [6.45, 7) is 0.652. The van der Waals surface area contributed by atoms with Gasteiger partial charge in [-0.2, -0.15) is 0 Å². The molecule has 0 aliphatic heterocycles. The lowest BCUT2D eigenvalue weighted by Crippen LogP contribution is -2.37. The fraction of sp³-hybridized carbons (Fsp3) is 0.583. The van der Waals surface area contributed by atoms with Crippen molar-refractivity contribution < 1.29 is 23.4 Å². The molecule has 0 spiro atoms. The molecule has 2 aromatic rings. The van der Waals surface area contributed by atoms with Gasteiger partial charge in [0.2, 0.25) is 0 Å². The van der Waals surface area contributed by atoms with Gasteiger partial charge in [0.1, 0.15) is 18.7 Å². The second kappa shape index (κ2) is 7.41. The van der Waals surface area contributed by atoms with E-state index >= 15 is 0 Å². The fourth-order valence-corrected chi connectivity index (χ4v) is 2.02. The van der Waals surface area contributed by atoms with E-state index in [1.807, 2.05) is 21.1 Å². The number of H-pyrrole nitrogens is 1. The number of aryl methyl sites for hydroxylation is 1. The molecule has 0 radical (unpaired) electrons. The first-order chi connectivity index (χ1) is 10.8. The number of hydrogen-bond acceptors (Lipinski definition) is 5. The second-order valence-electron chi connectivity index (χ2n) is 6.14. The number of aromatic nitrogens is 4. The molecule has 0 aliphatic rings. The summed E-state index contributed by atoms with van der Waals surface area (Å²) in [6, 6.07) is 0. The summed E-state index contributed by atoms with van der Waals surface area (Å²) in [5, 5.41) is 0. The second-order valence-corrected chi connectivity index (χ2v) is 7.38. The maximum Gasteiger partial charge on any atom is 0.469 e. The molecule has 2 aromatic heterocycles. The third kappa shape index (κ3) is 5.69.